The third kappa shape index (κ3) is 4.18. The molecule has 0 saturated heterocycles. The van der Waals surface area contributed by atoms with Gasteiger partial charge in [0.1, 0.15) is 0 Å². The van der Waals surface area contributed by atoms with Gasteiger partial charge in [-0.3, -0.25) is 0 Å². The number of halogens is 2. The first-order chi connectivity index (χ1) is 2.27. The van der Waals surface area contributed by atoms with Gasteiger partial charge in [-0.15, -0.1) is 0 Å². The predicted molar refractivity (Wildman–Crippen MR) is 27.8 cm³/mol. The lowest BCUT2D eigenvalue weighted by Crippen LogP contribution is -1.32. The molecule has 0 fully saturated rings. The second-order valence-electron chi connectivity index (χ2n) is 0.437. The van der Waals surface area contributed by atoms with E-state index in [-0.39, 0.29) is 3.83 Å². The van der Waals surface area contributed by atoms with Crippen molar-refractivity contribution >= 4 is 22.6 Å². The molecular weight excluding hydrogens is 182 g/mol. The van der Waals surface area contributed by atoms with Crippen LogP contribution in [0.5, 0.6) is 0 Å². The molecule has 0 aromatic carbocycles. The SMILES string of the molecule is C=C=C(F)I. The molecule has 0 aliphatic heterocycles. The van der Waals surface area contributed by atoms with Crippen LogP contribution < -0.4 is 0 Å². The van der Waals surface area contributed by atoms with Gasteiger partial charge in [-0.25, -0.2) is 0 Å². The van der Waals surface area contributed by atoms with Gasteiger partial charge in [0.2, 0.25) is 3.83 Å². The largest absolute Gasteiger partial charge is 0.201 e. The zero-order valence-electron chi connectivity index (χ0n) is 2.46. The highest BCUT2D eigenvalue weighted by Crippen LogP contribution is 2.00. The van der Waals surface area contributed by atoms with Crippen LogP contribution in [-0.4, -0.2) is 0 Å². The molecule has 5 heavy (non-hydrogen) atoms. The fraction of sp³-hybridized carbons (Fsp3) is 0. The Morgan fingerprint density at radius 3 is 2.20 bits per heavy atom. The van der Waals surface area contributed by atoms with Gasteiger partial charge in [0, 0.05) is 22.6 Å². The molecule has 0 amide bonds. The van der Waals surface area contributed by atoms with E-state index in [9.17, 15) is 4.39 Å². The Morgan fingerprint density at radius 2 is 2.20 bits per heavy atom. The summed E-state index contributed by atoms with van der Waals surface area (Å²) in [5, 5.41) is 0. The molecule has 0 aliphatic carbocycles. The molecule has 0 unspecified atom stereocenters. The standard InChI is InChI=1S/C3H2FI/c1-2-3(4)5/h1H2. The van der Waals surface area contributed by atoms with Crippen LogP contribution in [0.3, 0.4) is 0 Å². The maximum atomic E-state index is 11.2. The highest BCUT2D eigenvalue weighted by Gasteiger charge is 1.68. The molecule has 0 rings (SSSR count). The number of rotatable bonds is 0. The van der Waals surface area contributed by atoms with E-state index in [1.807, 2.05) is 5.73 Å². The van der Waals surface area contributed by atoms with Crippen LogP contribution in [0, 0.1) is 0 Å². The highest BCUT2D eigenvalue weighted by atomic mass is 127. The van der Waals surface area contributed by atoms with Crippen molar-refractivity contribution in [3.63, 3.8) is 0 Å². The molecule has 2 heteroatoms. The normalized spacial score (nSPS) is 6.00. The van der Waals surface area contributed by atoms with Gasteiger partial charge in [-0.05, 0) is 0 Å². The molecule has 0 atom stereocenters. The topological polar surface area (TPSA) is 0 Å². The summed E-state index contributed by atoms with van der Waals surface area (Å²) in [6, 6.07) is 0. The fourth-order valence-corrected chi connectivity index (χ4v) is 0. The molecule has 0 radical (unpaired) electrons. The summed E-state index contributed by atoms with van der Waals surface area (Å²) in [5.41, 5.74) is 2.01. The van der Waals surface area contributed by atoms with E-state index < -0.39 is 0 Å². The first-order valence-corrected chi connectivity index (χ1v) is 2.06. The van der Waals surface area contributed by atoms with Gasteiger partial charge in [0.05, 0.1) is 0 Å². The van der Waals surface area contributed by atoms with Gasteiger partial charge >= 0.3 is 0 Å². The molecule has 0 bridgehead atoms. The van der Waals surface area contributed by atoms with Gasteiger partial charge in [0.15, 0.2) is 0 Å². The molecule has 0 aromatic rings. The Hall–Kier alpha value is 0.180. The second kappa shape index (κ2) is 2.42. The first kappa shape index (κ1) is 5.18. The summed E-state index contributed by atoms with van der Waals surface area (Å²) < 4.78 is 10.8. The molecule has 0 saturated carbocycles. The third-order valence-electron chi connectivity index (χ3n) is 0.134. The Labute approximate surface area is 43.5 Å². The minimum absolute atomic E-state index is 0.386. The molecule has 28 valence electrons. The van der Waals surface area contributed by atoms with Gasteiger partial charge in [-0.1, -0.05) is 12.3 Å². The van der Waals surface area contributed by atoms with Gasteiger partial charge in [-0.2, -0.15) is 4.39 Å². The van der Waals surface area contributed by atoms with Crippen LogP contribution in [-0.2, 0) is 0 Å². The Kier molecular flexibility index (Phi) is 2.51. The van der Waals surface area contributed by atoms with Gasteiger partial charge < -0.3 is 0 Å². The summed E-state index contributed by atoms with van der Waals surface area (Å²) in [4.78, 5) is 0. The summed E-state index contributed by atoms with van der Waals surface area (Å²) in [6.07, 6.45) is 0. The average molecular weight is 184 g/mol. The van der Waals surface area contributed by atoms with Crippen molar-refractivity contribution in [3.05, 3.63) is 16.1 Å². The van der Waals surface area contributed by atoms with Crippen molar-refractivity contribution in [2.24, 2.45) is 0 Å². The second-order valence-corrected chi connectivity index (χ2v) is 1.38. The molecule has 0 aliphatic rings. The molecular formula is C3H2FI. The average Bonchev–Trinajstić information content (AvgIpc) is 1.38. The van der Waals surface area contributed by atoms with E-state index in [1.165, 1.54) is 22.6 Å². The lowest BCUT2D eigenvalue weighted by molar-refractivity contribution is 0.714. The van der Waals surface area contributed by atoms with Crippen molar-refractivity contribution in [2.45, 2.75) is 0 Å². The van der Waals surface area contributed by atoms with Crippen LogP contribution in [0.2, 0.25) is 0 Å². The number of hydrogen-bond donors (Lipinski definition) is 0. The van der Waals surface area contributed by atoms with Gasteiger partial charge in [0.25, 0.3) is 0 Å². The van der Waals surface area contributed by atoms with Crippen LogP contribution in [0.1, 0.15) is 0 Å². The zero-order chi connectivity index (χ0) is 4.28. The van der Waals surface area contributed by atoms with E-state index in [0.717, 1.165) is 0 Å². The third-order valence-corrected chi connectivity index (χ3v) is 0.515. The van der Waals surface area contributed by atoms with E-state index >= 15 is 0 Å². The Balaban J connectivity index is 3.60. The molecule has 0 N–H and O–H groups in total. The van der Waals surface area contributed by atoms with Crippen molar-refractivity contribution in [3.8, 4) is 0 Å². The van der Waals surface area contributed by atoms with Crippen LogP contribution in [0.25, 0.3) is 0 Å². The summed E-state index contributed by atoms with van der Waals surface area (Å²) in [7, 11) is 0. The lowest BCUT2D eigenvalue weighted by Gasteiger charge is -1.58. The maximum absolute atomic E-state index is 11.2. The molecule has 0 nitrogen and oxygen atoms in total. The smallest absolute Gasteiger partial charge is 0.191 e. The summed E-state index contributed by atoms with van der Waals surface area (Å²) in [5.74, 6) is 0. The minimum Gasteiger partial charge on any atom is -0.191 e. The van der Waals surface area contributed by atoms with Crippen molar-refractivity contribution in [1.29, 1.82) is 0 Å². The quantitative estimate of drug-likeness (QED) is 0.399. The molecule has 0 spiro atoms. The van der Waals surface area contributed by atoms with E-state index in [1.54, 1.807) is 0 Å². The highest BCUT2D eigenvalue weighted by molar-refractivity contribution is 14.1. The minimum atomic E-state index is -0.386. The van der Waals surface area contributed by atoms with Crippen LogP contribution >= 0.6 is 22.6 Å². The van der Waals surface area contributed by atoms with Crippen molar-refractivity contribution < 1.29 is 4.39 Å². The van der Waals surface area contributed by atoms with Crippen molar-refractivity contribution in [2.75, 3.05) is 0 Å². The zero-order valence-corrected chi connectivity index (χ0v) is 4.62. The molecule has 0 heterocycles. The maximum Gasteiger partial charge on any atom is 0.201 e. The molecule has 0 aromatic heterocycles. The fourth-order valence-electron chi connectivity index (χ4n) is 0. The van der Waals surface area contributed by atoms with Crippen molar-refractivity contribution in [1.82, 2.24) is 0 Å². The Bertz CT molecular complexity index is 67.0. The number of hydrogen-bond acceptors (Lipinski definition) is 0. The predicted octanol–water partition coefficient (Wildman–Crippen LogP) is 2.02. The summed E-state index contributed by atoms with van der Waals surface area (Å²) >= 11 is 1.48. The van der Waals surface area contributed by atoms with Crippen LogP contribution in [0.4, 0.5) is 4.39 Å². The van der Waals surface area contributed by atoms with E-state index in [2.05, 4.69) is 6.58 Å². The van der Waals surface area contributed by atoms with E-state index in [4.69, 9.17) is 0 Å². The lowest BCUT2D eigenvalue weighted by atomic mass is 11.0. The first-order valence-electron chi connectivity index (χ1n) is 0.982. The summed E-state index contributed by atoms with van der Waals surface area (Å²) in [6.45, 7) is 3.02. The van der Waals surface area contributed by atoms with Crippen LogP contribution in [0.15, 0.2) is 16.1 Å². The Morgan fingerprint density at radius 1 is 2.00 bits per heavy atom. The monoisotopic (exact) mass is 184 g/mol. The van der Waals surface area contributed by atoms with E-state index in [0.29, 0.717) is 0 Å².